The fourth-order valence-corrected chi connectivity index (χ4v) is 6.11. The molecule has 6 rings (SSSR count). The molecule has 0 saturated heterocycles. The molecule has 3 aliphatic rings. The number of rotatable bonds is 4. The van der Waals surface area contributed by atoms with Crippen LogP contribution >= 0.6 is 0 Å². The van der Waals surface area contributed by atoms with Crippen LogP contribution in [-0.4, -0.2) is 57.7 Å². The Morgan fingerprint density at radius 2 is 1.94 bits per heavy atom. The molecule has 0 amide bonds. The lowest BCUT2D eigenvalue weighted by molar-refractivity contribution is -0.0109. The highest BCUT2D eigenvalue weighted by Crippen LogP contribution is 2.51. The summed E-state index contributed by atoms with van der Waals surface area (Å²) in [6.45, 7) is 3.04. The first-order valence-electron chi connectivity index (χ1n) is 12.6. The number of hydrogen-bond acceptors (Lipinski definition) is 8. The van der Waals surface area contributed by atoms with Crippen LogP contribution in [-0.2, 0) is 0 Å². The molecule has 0 radical (unpaired) electrons. The second-order valence-electron chi connectivity index (χ2n) is 10.5. The van der Waals surface area contributed by atoms with Crippen LogP contribution < -0.4 is 14.4 Å². The van der Waals surface area contributed by atoms with Gasteiger partial charge in [-0.25, -0.2) is 14.4 Å². The van der Waals surface area contributed by atoms with Crippen LogP contribution in [0.25, 0.3) is 22.5 Å². The van der Waals surface area contributed by atoms with Crippen molar-refractivity contribution < 1.29 is 19.0 Å². The number of fused-ring (bicyclic) bond motifs is 3. The maximum absolute atomic E-state index is 15.5. The molecule has 0 spiro atoms. The van der Waals surface area contributed by atoms with E-state index in [-0.39, 0.29) is 17.2 Å². The van der Waals surface area contributed by atoms with Crippen LogP contribution in [0.4, 0.5) is 10.2 Å². The van der Waals surface area contributed by atoms with Gasteiger partial charge in [-0.2, -0.15) is 0 Å². The van der Waals surface area contributed by atoms with Gasteiger partial charge in [0.05, 0.1) is 17.8 Å². The van der Waals surface area contributed by atoms with Crippen molar-refractivity contribution in [3.63, 3.8) is 0 Å². The number of ether oxygens (including phenoxy) is 2. The molecule has 9 heteroatoms. The Labute approximate surface area is 209 Å². The molecule has 3 aromatic rings. The van der Waals surface area contributed by atoms with Gasteiger partial charge >= 0.3 is 0 Å². The summed E-state index contributed by atoms with van der Waals surface area (Å²) < 4.78 is 26.6. The van der Waals surface area contributed by atoms with Gasteiger partial charge < -0.3 is 19.5 Å². The minimum Gasteiger partial charge on any atom is -0.507 e. The molecule has 188 valence electrons. The van der Waals surface area contributed by atoms with Crippen LogP contribution in [0.1, 0.15) is 39.0 Å². The predicted octanol–water partition coefficient (Wildman–Crippen LogP) is 4.82. The number of hydrogen-bond donors (Lipinski definition) is 1. The van der Waals surface area contributed by atoms with E-state index < -0.39 is 6.17 Å². The molecule has 36 heavy (non-hydrogen) atoms. The van der Waals surface area contributed by atoms with Crippen LogP contribution in [0.3, 0.4) is 0 Å². The lowest BCUT2D eigenvalue weighted by atomic mass is 9.60. The first-order valence-corrected chi connectivity index (χ1v) is 12.6. The molecule has 2 aromatic heterocycles. The molecule has 2 saturated carbocycles. The van der Waals surface area contributed by atoms with E-state index in [0.29, 0.717) is 48.0 Å². The van der Waals surface area contributed by atoms with Crippen LogP contribution in [0.15, 0.2) is 36.7 Å². The predicted molar refractivity (Wildman–Crippen MR) is 133 cm³/mol. The Hall–Kier alpha value is -3.49. The van der Waals surface area contributed by atoms with Gasteiger partial charge in [-0.1, -0.05) is 25.8 Å². The fraction of sp³-hybridized carbons (Fsp3) is 0.481. The monoisotopic (exact) mass is 491 g/mol. The molecule has 4 atom stereocenters. The standard InChI is InChI=1S/C27H30FN5O3/c1-27-7-3-4-16(13-27)10-20(24(27)28)33(2)23-15-29-25(32-31-23)19-6-5-17(11-21(19)34)18-12-22-26(30-14-18)36-9-8-35-22/h5-6,11-12,14-16,20,24,34H,3-4,7-10,13H2,1-2H3/t16-,20-,24-,27-/m1/s1. The third kappa shape index (κ3) is 4.00. The molecule has 2 fully saturated rings. The van der Waals surface area contributed by atoms with Crippen molar-refractivity contribution in [3.8, 4) is 39.9 Å². The van der Waals surface area contributed by atoms with Gasteiger partial charge in [0.25, 0.3) is 5.88 Å². The minimum atomic E-state index is -0.910. The summed E-state index contributed by atoms with van der Waals surface area (Å²) in [7, 11) is 1.88. The first-order chi connectivity index (χ1) is 17.4. The minimum absolute atomic E-state index is 0.0298. The maximum Gasteiger partial charge on any atom is 0.257 e. The van der Waals surface area contributed by atoms with E-state index in [9.17, 15) is 5.11 Å². The van der Waals surface area contributed by atoms with Crippen LogP contribution in [0.5, 0.6) is 17.4 Å². The van der Waals surface area contributed by atoms with E-state index in [1.54, 1.807) is 24.5 Å². The molecule has 1 aliphatic heterocycles. The summed E-state index contributed by atoms with van der Waals surface area (Å²) in [4.78, 5) is 10.6. The van der Waals surface area contributed by atoms with Crippen molar-refractivity contribution in [2.24, 2.45) is 11.3 Å². The number of phenols is 1. The van der Waals surface area contributed by atoms with E-state index in [1.165, 1.54) is 6.42 Å². The Balaban J connectivity index is 1.21. The number of nitrogens with zero attached hydrogens (tertiary/aromatic N) is 5. The van der Waals surface area contributed by atoms with Crippen molar-refractivity contribution in [2.45, 2.75) is 51.2 Å². The van der Waals surface area contributed by atoms with Crippen molar-refractivity contribution in [3.05, 3.63) is 36.7 Å². The lowest BCUT2D eigenvalue weighted by Gasteiger charge is -2.51. The number of phenolic OH excluding ortho intramolecular Hbond substituents is 1. The number of anilines is 1. The second-order valence-corrected chi connectivity index (χ2v) is 10.5. The lowest BCUT2D eigenvalue weighted by Crippen LogP contribution is -2.54. The largest absolute Gasteiger partial charge is 0.507 e. The van der Waals surface area contributed by atoms with Crippen molar-refractivity contribution >= 4 is 5.82 Å². The zero-order valence-electron chi connectivity index (χ0n) is 20.5. The quantitative estimate of drug-likeness (QED) is 0.555. The molecular formula is C27H30FN5O3. The second kappa shape index (κ2) is 8.87. The van der Waals surface area contributed by atoms with Gasteiger partial charge in [-0.15, -0.1) is 10.2 Å². The molecular weight excluding hydrogens is 461 g/mol. The first kappa shape index (κ1) is 22.9. The van der Waals surface area contributed by atoms with E-state index in [4.69, 9.17) is 9.47 Å². The topological polar surface area (TPSA) is 93.5 Å². The van der Waals surface area contributed by atoms with Gasteiger partial charge in [-0.3, -0.25) is 0 Å². The number of aromatic nitrogens is 4. The molecule has 0 unspecified atom stereocenters. The summed E-state index contributed by atoms with van der Waals surface area (Å²) >= 11 is 0. The smallest absolute Gasteiger partial charge is 0.257 e. The average molecular weight is 492 g/mol. The van der Waals surface area contributed by atoms with Crippen molar-refractivity contribution in [1.29, 1.82) is 0 Å². The zero-order valence-corrected chi connectivity index (χ0v) is 20.5. The third-order valence-electron chi connectivity index (χ3n) is 8.07. The highest BCUT2D eigenvalue weighted by atomic mass is 19.1. The fourth-order valence-electron chi connectivity index (χ4n) is 6.11. The van der Waals surface area contributed by atoms with Gasteiger partial charge in [0.2, 0.25) is 0 Å². The molecule has 1 N–H and O–H groups in total. The van der Waals surface area contributed by atoms with E-state index in [2.05, 4.69) is 27.1 Å². The Kier molecular flexibility index (Phi) is 5.65. The highest BCUT2D eigenvalue weighted by molar-refractivity contribution is 5.73. The Bertz CT molecular complexity index is 1270. The normalized spacial score (nSPS) is 26.9. The Morgan fingerprint density at radius 3 is 2.75 bits per heavy atom. The Morgan fingerprint density at radius 1 is 1.08 bits per heavy atom. The number of alkyl halides is 1. The van der Waals surface area contributed by atoms with E-state index >= 15 is 4.39 Å². The molecule has 1 aromatic carbocycles. The maximum atomic E-state index is 15.5. The summed E-state index contributed by atoms with van der Waals surface area (Å²) in [5.74, 6) is 2.49. The molecule has 2 aliphatic carbocycles. The number of benzene rings is 1. The highest BCUT2D eigenvalue weighted by Gasteiger charge is 2.49. The summed E-state index contributed by atoms with van der Waals surface area (Å²) in [5, 5.41) is 19.4. The summed E-state index contributed by atoms with van der Waals surface area (Å²) in [5.41, 5.74) is 1.77. The van der Waals surface area contributed by atoms with Gasteiger partial charge in [0.15, 0.2) is 17.4 Å². The summed E-state index contributed by atoms with van der Waals surface area (Å²) in [6, 6.07) is 6.87. The van der Waals surface area contributed by atoms with Crippen LogP contribution in [0, 0.1) is 11.3 Å². The number of halogens is 1. The van der Waals surface area contributed by atoms with Gasteiger partial charge in [-0.05, 0) is 48.9 Å². The van der Waals surface area contributed by atoms with Gasteiger partial charge in [0.1, 0.15) is 25.1 Å². The zero-order chi connectivity index (χ0) is 24.9. The van der Waals surface area contributed by atoms with Crippen molar-refractivity contribution in [2.75, 3.05) is 25.2 Å². The molecule has 2 bridgehead atoms. The molecule has 8 nitrogen and oxygen atoms in total. The molecule has 3 heterocycles. The van der Waals surface area contributed by atoms with Gasteiger partial charge in [0, 0.05) is 24.2 Å². The number of pyridine rings is 1. The third-order valence-corrected chi connectivity index (χ3v) is 8.07. The van der Waals surface area contributed by atoms with E-state index in [1.807, 2.05) is 24.1 Å². The SMILES string of the molecule is CN(c1cnc(-c2ccc(-c3cnc4c(c3)OCCO4)cc2O)nn1)[C@@H]1C[C@H]2CCC[C@](C)(C2)[C@@H]1F. The average Bonchev–Trinajstić information content (AvgIpc) is 2.90. The number of aromatic hydroxyl groups is 1. The van der Waals surface area contributed by atoms with Crippen LogP contribution in [0.2, 0.25) is 0 Å². The van der Waals surface area contributed by atoms with Crippen molar-refractivity contribution in [1.82, 2.24) is 20.2 Å². The summed E-state index contributed by atoms with van der Waals surface area (Å²) in [6.07, 6.45) is 7.41. The van der Waals surface area contributed by atoms with E-state index in [0.717, 1.165) is 36.8 Å².